The monoisotopic (exact) mass is 162 g/mol. The molecule has 1 aliphatic rings. The van der Waals surface area contributed by atoms with Gasteiger partial charge in [0.25, 0.3) is 0 Å². The van der Waals surface area contributed by atoms with E-state index in [2.05, 4.69) is 13.0 Å². The van der Waals surface area contributed by atoms with E-state index < -0.39 is 5.60 Å². The Morgan fingerprint density at radius 2 is 2.08 bits per heavy atom. The third-order valence-corrected chi connectivity index (χ3v) is 3.05. The van der Waals surface area contributed by atoms with Gasteiger partial charge in [-0.3, -0.25) is 0 Å². The lowest BCUT2D eigenvalue weighted by Gasteiger charge is -2.23. The molecule has 1 nitrogen and oxygen atoms in total. The summed E-state index contributed by atoms with van der Waals surface area (Å²) in [6, 6.07) is 8.16. The van der Waals surface area contributed by atoms with E-state index in [0.717, 1.165) is 12.0 Å². The zero-order valence-electron chi connectivity index (χ0n) is 7.54. The Morgan fingerprint density at radius 3 is 2.75 bits per heavy atom. The van der Waals surface area contributed by atoms with Crippen molar-refractivity contribution in [3.63, 3.8) is 0 Å². The average Bonchev–Trinajstić information content (AvgIpc) is 2.25. The highest BCUT2D eigenvalue weighted by Crippen LogP contribution is 2.40. The third-order valence-electron chi connectivity index (χ3n) is 3.05. The van der Waals surface area contributed by atoms with Crippen molar-refractivity contribution < 1.29 is 5.11 Å². The summed E-state index contributed by atoms with van der Waals surface area (Å²) in [5, 5.41) is 10.1. The molecule has 1 aromatic carbocycles. The molecule has 2 rings (SSSR count). The van der Waals surface area contributed by atoms with Crippen molar-refractivity contribution in [1.29, 1.82) is 0 Å². The van der Waals surface area contributed by atoms with Crippen molar-refractivity contribution in [3.8, 4) is 0 Å². The van der Waals surface area contributed by atoms with Gasteiger partial charge in [0.05, 0.1) is 5.60 Å². The van der Waals surface area contributed by atoms with E-state index in [1.807, 2.05) is 25.1 Å². The Hall–Kier alpha value is -0.820. The normalized spacial score (nSPS) is 33.4. The van der Waals surface area contributed by atoms with Gasteiger partial charge in [-0.25, -0.2) is 0 Å². The van der Waals surface area contributed by atoms with E-state index in [1.165, 1.54) is 5.56 Å². The molecule has 0 heterocycles. The van der Waals surface area contributed by atoms with Crippen molar-refractivity contribution in [2.75, 3.05) is 0 Å². The summed E-state index contributed by atoms with van der Waals surface area (Å²) in [6.07, 6.45) is 1.00. The van der Waals surface area contributed by atoms with Crippen LogP contribution in [0.25, 0.3) is 0 Å². The molecule has 0 aliphatic heterocycles. The summed E-state index contributed by atoms with van der Waals surface area (Å²) >= 11 is 0. The third kappa shape index (κ3) is 0.896. The Morgan fingerprint density at radius 1 is 1.42 bits per heavy atom. The predicted octanol–water partition coefficient (Wildman–Crippen LogP) is 2.09. The van der Waals surface area contributed by atoms with Gasteiger partial charge in [-0.15, -0.1) is 0 Å². The molecule has 0 unspecified atom stereocenters. The fraction of sp³-hybridized carbons (Fsp3) is 0.455. The van der Waals surface area contributed by atoms with Crippen molar-refractivity contribution in [3.05, 3.63) is 35.4 Å². The van der Waals surface area contributed by atoms with Gasteiger partial charge in [0, 0.05) is 0 Å². The summed E-state index contributed by atoms with van der Waals surface area (Å²) in [5.41, 5.74) is 1.80. The van der Waals surface area contributed by atoms with Crippen molar-refractivity contribution in [2.45, 2.75) is 25.9 Å². The van der Waals surface area contributed by atoms with E-state index in [4.69, 9.17) is 0 Å². The highest BCUT2D eigenvalue weighted by Gasteiger charge is 2.37. The van der Waals surface area contributed by atoms with Crippen molar-refractivity contribution in [1.82, 2.24) is 0 Å². The van der Waals surface area contributed by atoms with Crippen LogP contribution in [-0.2, 0) is 12.0 Å². The quantitative estimate of drug-likeness (QED) is 0.619. The summed E-state index contributed by atoms with van der Waals surface area (Å²) in [7, 11) is 0. The molecule has 1 aromatic rings. The van der Waals surface area contributed by atoms with E-state index in [0.29, 0.717) is 5.92 Å². The molecular weight excluding hydrogens is 148 g/mol. The second kappa shape index (κ2) is 2.33. The lowest BCUT2D eigenvalue weighted by Crippen LogP contribution is -2.24. The van der Waals surface area contributed by atoms with Crippen LogP contribution in [0.2, 0.25) is 0 Å². The molecule has 2 atom stereocenters. The summed E-state index contributed by atoms with van der Waals surface area (Å²) in [6.45, 7) is 4.00. The van der Waals surface area contributed by atoms with E-state index >= 15 is 0 Å². The number of hydrogen-bond acceptors (Lipinski definition) is 1. The maximum absolute atomic E-state index is 10.1. The molecular formula is C11H14O. The number of rotatable bonds is 0. The number of hydrogen-bond donors (Lipinski definition) is 1. The Bertz CT molecular complexity index is 302. The highest BCUT2D eigenvalue weighted by molar-refractivity contribution is 5.37. The summed E-state index contributed by atoms with van der Waals surface area (Å²) < 4.78 is 0. The van der Waals surface area contributed by atoms with Crippen LogP contribution >= 0.6 is 0 Å². The Kier molecular flexibility index (Phi) is 1.52. The fourth-order valence-electron chi connectivity index (χ4n) is 1.99. The van der Waals surface area contributed by atoms with Gasteiger partial charge in [0.2, 0.25) is 0 Å². The smallest absolute Gasteiger partial charge is 0.0899 e. The van der Waals surface area contributed by atoms with E-state index in [-0.39, 0.29) is 0 Å². The largest absolute Gasteiger partial charge is 0.385 e. The van der Waals surface area contributed by atoms with Crippen LogP contribution < -0.4 is 0 Å². The van der Waals surface area contributed by atoms with Crippen LogP contribution in [0.3, 0.4) is 0 Å². The van der Waals surface area contributed by atoms with Crippen molar-refractivity contribution in [2.24, 2.45) is 5.92 Å². The van der Waals surface area contributed by atoms with E-state index in [9.17, 15) is 5.11 Å². The standard InChI is InChI=1S/C11H14O/c1-8-7-9-5-3-4-6-10(9)11(8,2)12/h3-6,8,12H,7H2,1-2H3/t8-,11-/m1/s1. The zero-order chi connectivity index (χ0) is 8.77. The predicted molar refractivity (Wildman–Crippen MR) is 48.9 cm³/mol. The van der Waals surface area contributed by atoms with Crippen LogP contribution in [0, 0.1) is 5.92 Å². The first kappa shape index (κ1) is 7.81. The summed E-state index contributed by atoms with van der Waals surface area (Å²) in [5.74, 6) is 0.342. The summed E-state index contributed by atoms with van der Waals surface area (Å²) in [4.78, 5) is 0. The first-order chi connectivity index (χ1) is 5.62. The van der Waals surface area contributed by atoms with Crippen molar-refractivity contribution >= 4 is 0 Å². The number of benzene rings is 1. The number of aliphatic hydroxyl groups is 1. The first-order valence-corrected chi connectivity index (χ1v) is 4.43. The molecule has 0 amide bonds. The van der Waals surface area contributed by atoms with Gasteiger partial charge >= 0.3 is 0 Å². The van der Waals surface area contributed by atoms with Gasteiger partial charge < -0.3 is 5.11 Å². The first-order valence-electron chi connectivity index (χ1n) is 4.43. The number of fused-ring (bicyclic) bond motifs is 1. The molecule has 0 saturated heterocycles. The molecule has 0 saturated carbocycles. The van der Waals surface area contributed by atoms with Gasteiger partial charge in [0.1, 0.15) is 0 Å². The van der Waals surface area contributed by atoms with Crippen LogP contribution in [0.4, 0.5) is 0 Å². The van der Waals surface area contributed by atoms with Crippen LogP contribution in [0.15, 0.2) is 24.3 Å². The topological polar surface area (TPSA) is 20.2 Å². The molecule has 1 aliphatic carbocycles. The second-order valence-electron chi connectivity index (χ2n) is 3.91. The molecule has 1 N–H and O–H groups in total. The maximum atomic E-state index is 10.1. The molecule has 0 radical (unpaired) electrons. The molecule has 0 bridgehead atoms. The van der Waals surface area contributed by atoms with E-state index in [1.54, 1.807) is 0 Å². The van der Waals surface area contributed by atoms with Crippen LogP contribution in [-0.4, -0.2) is 5.11 Å². The second-order valence-corrected chi connectivity index (χ2v) is 3.91. The maximum Gasteiger partial charge on any atom is 0.0899 e. The minimum Gasteiger partial charge on any atom is -0.385 e. The lowest BCUT2D eigenvalue weighted by atomic mass is 9.91. The lowest BCUT2D eigenvalue weighted by molar-refractivity contribution is 0.0153. The zero-order valence-corrected chi connectivity index (χ0v) is 7.54. The highest BCUT2D eigenvalue weighted by atomic mass is 16.3. The van der Waals surface area contributed by atoms with Gasteiger partial charge in [0.15, 0.2) is 0 Å². The minimum atomic E-state index is -0.614. The Labute approximate surface area is 73.0 Å². The minimum absolute atomic E-state index is 0.342. The fourth-order valence-corrected chi connectivity index (χ4v) is 1.99. The molecule has 0 spiro atoms. The van der Waals surface area contributed by atoms with Gasteiger partial charge in [-0.05, 0) is 30.4 Å². The van der Waals surface area contributed by atoms with Gasteiger partial charge in [-0.1, -0.05) is 31.2 Å². The molecule has 0 fully saturated rings. The molecule has 1 heteroatoms. The molecule has 64 valence electrons. The Balaban J connectivity index is 2.55. The average molecular weight is 162 g/mol. The van der Waals surface area contributed by atoms with Crippen LogP contribution in [0.5, 0.6) is 0 Å². The SMILES string of the molecule is C[C@@H]1Cc2ccccc2[C@]1(C)O. The molecule has 0 aromatic heterocycles. The van der Waals surface area contributed by atoms with Crippen LogP contribution in [0.1, 0.15) is 25.0 Å². The molecule has 12 heavy (non-hydrogen) atoms. The van der Waals surface area contributed by atoms with Gasteiger partial charge in [-0.2, -0.15) is 0 Å².